The molecule has 3 aromatic rings. The van der Waals surface area contributed by atoms with Crippen LogP contribution in [0.25, 0.3) is 11.3 Å². The summed E-state index contributed by atoms with van der Waals surface area (Å²) in [5, 5.41) is 6.25. The minimum atomic E-state index is -0.212. The first-order valence-corrected chi connectivity index (χ1v) is 8.93. The molecule has 2 aromatic carbocycles. The van der Waals surface area contributed by atoms with Gasteiger partial charge in [-0.1, -0.05) is 39.1 Å². The molecule has 3 nitrogen and oxygen atoms in total. The minimum absolute atomic E-state index is 0.212. The number of benzene rings is 2. The Labute approximate surface area is 155 Å². The fourth-order valence-corrected chi connectivity index (χ4v) is 3.28. The van der Waals surface area contributed by atoms with Crippen molar-refractivity contribution >= 4 is 61.5 Å². The number of carbonyl (C=O) groups excluding carboxylic acids is 1. The average molecular weight is 428 g/mol. The van der Waals surface area contributed by atoms with Crippen molar-refractivity contribution in [2.75, 3.05) is 5.32 Å². The van der Waals surface area contributed by atoms with Gasteiger partial charge in [0.2, 0.25) is 0 Å². The molecule has 0 unspecified atom stereocenters. The lowest BCUT2D eigenvalue weighted by Crippen LogP contribution is -2.11. The molecule has 0 aliphatic heterocycles. The van der Waals surface area contributed by atoms with E-state index in [0.717, 1.165) is 10.0 Å². The summed E-state index contributed by atoms with van der Waals surface area (Å²) in [4.78, 5) is 16.6. The van der Waals surface area contributed by atoms with Gasteiger partial charge in [0.25, 0.3) is 5.91 Å². The molecule has 0 bridgehead atoms. The van der Waals surface area contributed by atoms with Crippen LogP contribution < -0.4 is 5.32 Å². The number of nitrogens with one attached hydrogen (secondary N) is 1. The molecule has 7 heteroatoms. The summed E-state index contributed by atoms with van der Waals surface area (Å²) in [6.07, 6.45) is 0. The van der Waals surface area contributed by atoms with Gasteiger partial charge in [-0.25, -0.2) is 4.98 Å². The van der Waals surface area contributed by atoms with Crippen molar-refractivity contribution in [1.29, 1.82) is 0 Å². The summed E-state index contributed by atoms with van der Waals surface area (Å²) >= 11 is 16.8. The number of anilines is 1. The Morgan fingerprint density at radius 3 is 2.61 bits per heavy atom. The maximum atomic E-state index is 12.2. The van der Waals surface area contributed by atoms with E-state index in [1.165, 1.54) is 11.3 Å². The molecule has 23 heavy (non-hydrogen) atoms. The van der Waals surface area contributed by atoms with Crippen molar-refractivity contribution in [3.05, 3.63) is 67.9 Å². The van der Waals surface area contributed by atoms with Crippen molar-refractivity contribution in [3.63, 3.8) is 0 Å². The van der Waals surface area contributed by atoms with Gasteiger partial charge in [-0.15, -0.1) is 11.3 Å². The Hall–Kier alpha value is -1.40. The standard InChI is InChI=1S/C16H9BrCl2N2OS/c17-10-3-1-9(2-4-10)15(22)21-16-20-14(8-23-16)12-7-11(18)5-6-13(12)19/h1-8H,(H,20,21,22). The molecule has 1 aromatic heterocycles. The maximum Gasteiger partial charge on any atom is 0.257 e. The molecule has 0 atom stereocenters. The van der Waals surface area contributed by atoms with Crippen molar-refractivity contribution in [1.82, 2.24) is 4.98 Å². The zero-order valence-electron chi connectivity index (χ0n) is 11.5. The summed E-state index contributed by atoms with van der Waals surface area (Å²) in [6, 6.07) is 12.3. The minimum Gasteiger partial charge on any atom is -0.298 e. The topological polar surface area (TPSA) is 42.0 Å². The zero-order chi connectivity index (χ0) is 16.4. The molecule has 0 radical (unpaired) electrons. The van der Waals surface area contributed by atoms with Gasteiger partial charge in [0, 0.05) is 26.0 Å². The summed E-state index contributed by atoms with van der Waals surface area (Å²) < 4.78 is 0.918. The van der Waals surface area contributed by atoms with Crippen molar-refractivity contribution in [3.8, 4) is 11.3 Å². The number of carbonyl (C=O) groups is 1. The quantitative estimate of drug-likeness (QED) is 0.546. The van der Waals surface area contributed by atoms with Gasteiger partial charge in [-0.3, -0.25) is 10.1 Å². The van der Waals surface area contributed by atoms with E-state index in [2.05, 4.69) is 26.2 Å². The molecule has 1 heterocycles. The van der Waals surface area contributed by atoms with E-state index in [-0.39, 0.29) is 5.91 Å². The molecule has 0 spiro atoms. The molecule has 0 fully saturated rings. The van der Waals surface area contributed by atoms with Crippen LogP contribution in [0, 0.1) is 0 Å². The largest absolute Gasteiger partial charge is 0.298 e. The molecule has 1 amide bonds. The number of amides is 1. The van der Waals surface area contributed by atoms with Crippen LogP contribution >= 0.6 is 50.5 Å². The number of aromatic nitrogens is 1. The molecule has 0 aliphatic rings. The van der Waals surface area contributed by atoms with E-state index >= 15 is 0 Å². The van der Waals surface area contributed by atoms with Crippen LogP contribution in [0.1, 0.15) is 10.4 Å². The lowest BCUT2D eigenvalue weighted by Gasteiger charge is -2.02. The second-order valence-corrected chi connectivity index (χ2v) is 7.24. The van der Waals surface area contributed by atoms with Crippen LogP contribution in [-0.2, 0) is 0 Å². The van der Waals surface area contributed by atoms with Crippen LogP contribution in [0.15, 0.2) is 52.3 Å². The lowest BCUT2D eigenvalue weighted by molar-refractivity contribution is 0.102. The van der Waals surface area contributed by atoms with Gasteiger partial charge in [0.05, 0.1) is 10.7 Å². The monoisotopic (exact) mass is 426 g/mol. The summed E-state index contributed by atoms with van der Waals surface area (Å²) in [7, 11) is 0. The van der Waals surface area contributed by atoms with E-state index < -0.39 is 0 Å². The molecule has 0 saturated carbocycles. The van der Waals surface area contributed by atoms with E-state index in [1.807, 2.05) is 17.5 Å². The van der Waals surface area contributed by atoms with E-state index in [1.54, 1.807) is 30.3 Å². The van der Waals surface area contributed by atoms with Gasteiger partial charge in [0.15, 0.2) is 5.13 Å². The Morgan fingerprint density at radius 2 is 1.87 bits per heavy atom. The number of halogens is 3. The first kappa shape index (κ1) is 16.5. The lowest BCUT2D eigenvalue weighted by atomic mass is 10.2. The summed E-state index contributed by atoms with van der Waals surface area (Å²) in [5.74, 6) is -0.212. The third kappa shape index (κ3) is 3.93. The third-order valence-electron chi connectivity index (χ3n) is 3.04. The van der Waals surface area contributed by atoms with Crippen molar-refractivity contribution < 1.29 is 4.79 Å². The highest BCUT2D eigenvalue weighted by Gasteiger charge is 2.12. The second-order valence-electron chi connectivity index (χ2n) is 4.62. The first-order chi connectivity index (χ1) is 11.0. The molecular formula is C16H9BrCl2N2OS. The number of thiazole rings is 1. The van der Waals surface area contributed by atoms with Gasteiger partial charge in [0.1, 0.15) is 0 Å². The van der Waals surface area contributed by atoms with Crippen LogP contribution in [0.5, 0.6) is 0 Å². The van der Waals surface area contributed by atoms with Crippen molar-refractivity contribution in [2.24, 2.45) is 0 Å². The number of hydrogen-bond acceptors (Lipinski definition) is 3. The van der Waals surface area contributed by atoms with Crippen LogP contribution in [-0.4, -0.2) is 10.9 Å². The second kappa shape index (κ2) is 7.01. The average Bonchev–Trinajstić information content (AvgIpc) is 2.98. The fourth-order valence-electron chi connectivity index (χ4n) is 1.92. The molecule has 1 N–H and O–H groups in total. The van der Waals surface area contributed by atoms with Crippen LogP contribution in [0.2, 0.25) is 10.0 Å². The Balaban J connectivity index is 1.81. The van der Waals surface area contributed by atoms with Crippen LogP contribution in [0.3, 0.4) is 0 Å². The highest BCUT2D eigenvalue weighted by molar-refractivity contribution is 9.10. The van der Waals surface area contributed by atoms with Crippen LogP contribution in [0.4, 0.5) is 5.13 Å². The fraction of sp³-hybridized carbons (Fsp3) is 0. The molecule has 3 rings (SSSR count). The van der Waals surface area contributed by atoms with Gasteiger partial charge < -0.3 is 0 Å². The summed E-state index contributed by atoms with van der Waals surface area (Å²) in [5.41, 5.74) is 1.97. The highest BCUT2D eigenvalue weighted by atomic mass is 79.9. The molecule has 0 saturated heterocycles. The van der Waals surface area contributed by atoms with Gasteiger partial charge in [-0.2, -0.15) is 0 Å². The summed E-state index contributed by atoms with van der Waals surface area (Å²) in [6.45, 7) is 0. The van der Waals surface area contributed by atoms with Crippen molar-refractivity contribution in [2.45, 2.75) is 0 Å². The Bertz CT molecular complexity index is 865. The number of rotatable bonds is 3. The molecular weight excluding hydrogens is 419 g/mol. The maximum absolute atomic E-state index is 12.2. The predicted octanol–water partition coefficient (Wildman–Crippen LogP) is 6.13. The van der Waals surface area contributed by atoms with E-state index in [9.17, 15) is 4.79 Å². The highest BCUT2D eigenvalue weighted by Crippen LogP contribution is 2.32. The molecule has 0 aliphatic carbocycles. The Kier molecular flexibility index (Phi) is 5.02. The smallest absolute Gasteiger partial charge is 0.257 e. The van der Waals surface area contributed by atoms with E-state index in [4.69, 9.17) is 23.2 Å². The SMILES string of the molecule is O=C(Nc1nc(-c2cc(Cl)ccc2Cl)cs1)c1ccc(Br)cc1. The Morgan fingerprint density at radius 1 is 1.13 bits per heavy atom. The molecule has 116 valence electrons. The third-order valence-corrected chi connectivity index (χ3v) is 4.89. The normalized spacial score (nSPS) is 10.6. The number of nitrogens with zero attached hydrogens (tertiary/aromatic N) is 1. The van der Waals surface area contributed by atoms with Gasteiger partial charge in [-0.05, 0) is 42.5 Å². The number of hydrogen-bond donors (Lipinski definition) is 1. The van der Waals surface area contributed by atoms with E-state index in [0.29, 0.717) is 26.4 Å². The zero-order valence-corrected chi connectivity index (χ0v) is 15.4. The predicted molar refractivity (Wildman–Crippen MR) is 99.7 cm³/mol. The van der Waals surface area contributed by atoms with Gasteiger partial charge >= 0.3 is 0 Å². The first-order valence-electron chi connectivity index (χ1n) is 6.51.